The van der Waals surface area contributed by atoms with Crippen molar-refractivity contribution in [1.29, 1.82) is 0 Å². The van der Waals surface area contributed by atoms with Crippen molar-refractivity contribution in [2.75, 3.05) is 19.8 Å². The van der Waals surface area contributed by atoms with Crippen LogP contribution in [0.25, 0.3) is 0 Å². The zero-order chi connectivity index (χ0) is 16.9. The normalized spacial score (nSPS) is 17.2. The Kier molecular flexibility index (Phi) is 5.57. The van der Waals surface area contributed by atoms with Crippen LogP contribution in [0.1, 0.15) is 12.5 Å². The van der Waals surface area contributed by atoms with Gasteiger partial charge < -0.3 is 9.47 Å². The summed E-state index contributed by atoms with van der Waals surface area (Å²) in [4.78, 5) is 11.9. The summed E-state index contributed by atoms with van der Waals surface area (Å²) in [5.74, 6) is 0. The van der Waals surface area contributed by atoms with Crippen molar-refractivity contribution in [2.24, 2.45) is 0 Å². The van der Waals surface area contributed by atoms with E-state index < -0.39 is 16.1 Å². The molecule has 1 heterocycles. The zero-order valence-electron chi connectivity index (χ0n) is 13.1. The van der Waals surface area contributed by atoms with Gasteiger partial charge in [-0.15, -0.1) is 0 Å². The molecule has 0 spiro atoms. The number of allylic oxidation sites excluding steroid dienone is 1. The van der Waals surface area contributed by atoms with Crippen LogP contribution >= 0.6 is 0 Å². The summed E-state index contributed by atoms with van der Waals surface area (Å²) in [6, 6.07) is 6.29. The molecule has 2 rings (SSSR count). The highest BCUT2D eigenvalue weighted by Crippen LogP contribution is 2.26. The number of amides is 1. The molecule has 0 bridgehead atoms. The first kappa shape index (κ1) is 17.2. The lowest BCUT2D eigenvalue weighted by atomic mass is 10.2. The molecule has 0 aromatic heterocycles. The fourth-order valence-corrected chi connectivity index (χ4v) is 3.34. The second-order valence-electron chi connectivity index (χ2n) is 4.94. The van der Waals surface area contributed by atoms with Gasteiger partial charge in [0.05, 0.1) is 23.8 Å². The Bertz CT molecular complexity index is 719. The summed E-state index contributed by atoms with van der Waals surface area (Å²) in [5, 5.41) is 0. The smallest absolute Gasteiger partial charge is 0.428 e. The van der Waals surface area contributed by atoms with Crippen LogP contribution in [-0.4, -0.2) is 38.6 Å². The predicted octanol–water partition coefficient (Wildman–Crippen LogP) is 2.61. The van der Waals surface area contributed by atoms with Crippen LogP contribution in [0.15, 0.2) is 53.1 Å². The van der Waals surface area contributed by atoms with Gasteiger partial charge in [0.15, 0.2) is 0 Å². The number of benzene rings is 1. The molecule has 0 N–H and O–H groups in total. The summed E-state index contributed by atoms with van der Waals surface area (Å²) < 4.78 is 36.1. The number of hydrogen-bond donors (Lipinski definition) is 0. The number of hydrogen-bond acceptors (Lipinski definition) is 5. The quantitative estimate of drug-likeness (QED) is 0.589. The maximum absolute atomic E-state index is 12.6. The summed E-state index contributed by atoms with van der Waals surface area (Å²) in [5.41, 5.74) is 1.19. The number of rotatable bonds is 6. The Labute approximate surface area is 136 Å². The second kappa shape index (κ2) is 7.43. The molecule has 1 amide bonds. The highest BCUT2D eigenvalue weighted by atomic mass is 32.2. The molecular formula is C16H19NO5S. The fourth-order valence-electron chi connectivity index (χ4n) is 1.97. The van der Waals surface area contributed by atoms with Crippen LogP contribution in [0.4, 0.5) is 4.79 Å². The monoisotopic (exact) mass is 337 g/mol. The average Bonchev–Trinajstić information content (AvgIpc) is 2.89. The van der Waals surface area contributed by atoms with E-state index in [1.54, 1.807) is 18.2 Å². The summed E-state index contributed by atoms with van der Waals surface area (Å²) in [7, 11) is -3.98. The molecule has 0 radical (unpaired) electrons. The van der Waals surface area contributed by atoms with Gasteiger partial charge in [-0.05, 0) is 32.1 Å². The van der Waals surface area contributed by atoms with Crippen LogP contribution in [0.3, 0.4) is 0 Å². The summed E-state index contributed by atoms with van der Waals surface area (Å²) in [6.45, 7) is 4.25. The van der Waals surface area contributed by atoms with E-state index in [0.29, 0.717) is 10.9 Å². The minimum absolute atomic E-state index is 0.0442. The highest BCUT2D eigenvalue weighted by molar-refractivity contribution is 7.89. The standard InChI is InChI=1S/C16H19NO5S/c1-3-4-10-21-11-9-14-12-22-16(18)17(14)23(19,20)15-7-5-13(2)6-8-15/h3-9H,10-12H2,1-2H3/b4-3+,14-9+. The van der Waals surface area contributed by atoms with Crippen molar-refractivity contribution in [3.8, 4) is 0 Å². The zero-order valence-corrected chi connectivity index (χ0v) is 13.9. The van der Waals surface area contributed by atoms with Crippen molar-refractivity contribution < 1.29 is 22.7 Å². The fraction of sp³-hybridized carbons (Fsp3) is 0.312. The first-order chi connectivity index (χ1) is 11.0. The first-order valence-corrected chi connectivity index (χ1v) is 8.57. The topological polar surface area (TPSA) is 72.9 Å². The summed E-state index contributed by atoms with van der Waals surface area (Å²) in [6.07, 6.45) is 4.32. The van der Waals surface area contributed by atoms with E-state index in [0.717, 1.165) is 5.56 Å². The van der Waals surface area contributed by atoms with E-state index in [2.05, 4.69) is 0 Å². The molecule has 1 aliphatic heterocycles. The number of cyclic esters (lactones) is 1. The number of carbonyl (C=O) groups excluding carboxylic acids is 1. The van der Waals surface area contributed by atoms with Crippen LogP contribution < -0.4 is 0 Å². The van der Waals surface area contributed by atoms with Crippen LogP contribution in [-0.2, 0) is 19.5 Å². The first-order valence-electron chi connectivity index (χ1n) is 7.13. The van der Waals surface area contributed by atoms with Gasteiger partial charge in [-0.1, -0.05) is 29.8 Å². The van der Waals surface area contributed by atoms with Gasteiger partial charge in [-0.2, -0.15) is 4.31 Å². The molecule has 1 fully saturated rings. The molecule has 1 saturated heterocycles. The molecule has 7 heteroatoms. The third-order valence-electron chi connectivity index (χ3n) is 3.22. The van der Waals surface area contributed by atoms with Gasteiger partial charge in [0, 0.05) is 0 Å². The molecular weight excluding hydrogens is 318 g/mol. The molecule has 1 aromatic rings. The van der Waals surface area contributed by atoms with Crippen LogP contribution in [0, 0.1) is 6.92 Å². The molecule has 0 atom stereocenters. The summed E-state index contributed by atoms with van der Waals surface area (Å²) >= 11 is 0. The lowest BCUT2D eigenvalue weighted by Gasteiger charge is -2.15. The Hall–Kier alpha value is -2.12. The molecule has 0 aliphatic carbocycles. The minimum Gasteiger partial charge on any atom is -0.442 e. The molecule has 1 aliphatic rings. The lowest BCUT2D eigenvalue weighted by molar-refractivity contribution is 0.170. The van der Waals surface area contributed by atoms with Gasteiger partial charge >= 0.3 is 6.09 Å². The van der Waals surface area contributed by atoms with Gasteiger partial charge in [-0.25, -0.2) is 13.2 Å². The Morgan fingerprint density at radius 3 is 2.61 bits per heavy atom. The number of sulfonamides is 1. The van der Waals surface area contributed by atoms with E-state index >= 15 is 0 Å². The van der Waals surface area contributed by atoms with Gasteiger partial charge in [0.2, 0.25) is 0 Å². The number of ether oxygens (including phenoxy) is 2. The van der Waals surface area contributed by atoms with Gasteiger partial charge in [0.25, 0.3) is 10.0 Å². The van der Waals surface area contributed by atoms with Crippen molar-refractivity contribution in [3.63, 3.8) is 0 Å². The third kappa shape index (κ3) is 4.00. The van der Waals surface area contributed by atoms with E-state index in [1.165, 1.54) is 12.1 Å². The molecule has 124 valence electrons. The number of aryl methyl sites for hydroxylation is 1. The maximum atomic E-state index is 12.6. The highest BCUT2D eigenvalue weighted by Gasteiger charge is 2.38. The molecule has 23 heavy (non-hydrogen) atoms. The molecule has 0 unspecified atom stereocenters. The number of nitrogens with zero attached hydrogens (tertiary/aromatic N) is 1. The Morgan fingerprint density at radius 1 is 1.26 bits per heavy atom. The van der Waals surface area contributed by atoms with E-state index in [9.17, 15) is 13.2 Å². The SMILES string of the molecule is C/C=C/COC/C=C1\COC(=O)N1S(=O)(=O)c1ccc(C)cc1. The van der Waals surface area contributed by atoms with E-state index in [1.807, 2.05) is 26.0 Å². The molecule has 1 aromatic carbocycles. The third-order valence-corrected chi connectivity index (χ3v) is 4.95. The van der Waals surface area contributed by atoms with Gasteiger partial charge in [-0.3, -0.25) is 0 Å². The largest absolute Gasteiger partial charge is 0.442 e. The molecule has 6 nitrogen and oxygen atoms in total. The Morgan fingerprint density at radius 2 is 1.96 bits per heavy atom. The van der Waals surface area contributed by atoms with Crippen LogP contribution in [0.2, 0.25) is 0 Å². The average molecular weight is 337 g/mol. The lowest BCUT2D eigenvalue weighted by Crippen LogP contribution is -2.30. The van der Waals surface area contributed by atoms with Crippen molar-refractivity contribution >= 4 is 16.1 Å². The molecule has 0 saturated carbocycles. The Balaban J connectivity index is 2.21. The van der Waals surface area contributed by atoms with E-state index in [4.69, 9.17) is 9.47 Å². The van der Waals surface area contributed by atoms with Gasteiger partial charge in [0.1, 0.15) is 6.61 Å². The van der Waals surface area contributed by atoms with Crippen molar-refractivity contribution in [2.45, 2.75) is 18.7 Å². The predicted molar refractivity (Wildman–Crippen MR) is 85.3 cm³/mol. The maximum Gasteiger partial charge on any atom is 0.428 e. The van der Waals surface area contributed by atoms with Crippen LogP contribution in [0.5, 0.6) is 0 Å². The minimum atomic E-state index is -3.98. The van der Waals surface area contributed by atoms with Crippen molar-refractivity contribution in [3.05, 3.63) is 53.8 Å². The second-order valence-corrected chi connectivity index (χ2v) is 6.73. The van der Waals surface area contributed by atoms with Crippen molar-refractivity contribution in [1.82, 2.24) is 4.31 Å². The van der Waals surface area contributed by atoms with E-state index in [-0.39, 0.29) is 23.8 Å². The number of carbonyl (C=O) groups is 1.